The van der Waals surface area contributed by atoms with E-state index in [1.807, 2.05) is 18.4 Å². The molecule has 1 aromatic rings. The summed E-state index contributed by atoms with van der Waals surface area (Å²) in [6, 6.07) is 6.08. The number of hydrogen-bond donors (Lipinski definition) is 2. The molecule has 0 aliphatic carbocycles. The molecule has 0 bridgehead atoms. The Balaban J connectivity index is 2.15. The minimum Gasteiger partial charge on any atom is -0.398 e. The monoisotopic (exact) mass is 239 g/mol. The van der Waals surface area contributed by atoms with E-state index in [9.17, 15) is 5.11 Å². The minimum absolute atomic E-state index is 0.0637. The molecular formula is C12H17NO2S. The molecule has 0 unspecified atom stereocenters. The lowest BCUT2D eigenvalue weighted by Gasteiger charge is -2.40. The largest absolute Gasteiger partial charge is 0.398 e. The lowest BCUT2D eigenvalue weighted by molar-refractivity contribution is -0.136. The molecule has 0 saturated carbocycles. The van der Waals surface area contributed by atoms with Gasteiger partial charge < -0.3 is 15.6 Å². The van der Waals surface area contributed by atoms with Gasteiger partial charge in [0, 0.05) is 16.0 Å². The number of aliphatic hydroxyl groups excluding tert-OH is 1. The zero-order chi connectivity index (χ0) is 11.6. The molecule has 0 amide bonds. The van der Waals surface area contributed by atoms with Crippen molar-refractivity contribution in [3.8, 4) is 0 Å². The van der Waals surface area contributed by atoms with Crippen LogP contribution in [0, 0.1) is 5.41 Å². The Labute approximate surface area is 100.0 Å². The van der Waals surface area contributed by atoms with E-state index in [2.05, 4.69) is 6.07 Å². The third-order valence-corrected chi connectivity index (χ3v) is 3.82. The first-order chi connectivity index (χ1) is 7.69. The highest BCUT2D eigenvalue weighted by Crippen LogP contribution is 2.33. The summed E-state index contributed by atoms with van der Waals surface area (Å²) in [4.78, 5) is 1.10. The van der Waals surface area contributed by atoms with Crippen LogP contribution in [0.5, 0.6) is 0 Å². The van der Waals surface area contributed by atoms with Crippen LogP contribution in [0.25, 0.3) is 0 Å². The molecule has 3 nitrogen and oxygen atoms in total. The molecule has 0 aromatic heterocycles. The van der Waals surface area contributed by atoms with E-state index >= 15 is 0 Å². The maximum atomic E-state index is 9.37. The van der Waals surface area contributed by atoms with Gasteiger partial charge in [-0.25, -0.2) is 0 Å². The molecular weight excluding hydrogens is 222 g/mol. The van der Waals surface area contributed by atoms with E-state index in [4.69, 9.17) is 10.5 Å². The predicted molar refractivity (Wildman–Crippen MR) is 66.7 cm³/mol. The van der Waals surface area contributed by atoms with Gasteiger partial charge >= 0.3 is 0 Å². The molecule has 16 heavy (non-hydrogen) atoms. The van der Waals surface area contributed by atoms with Crippen molar-refractivity contribution in [3.05, 3.63) is 23.8 Å². The molecule has 1 fully saturated rings. The Hall–Kier alpha value is -0.710. The Morgan fingerprint density at radius 1 is 1.50 bits per heavy atom. The van der Waals surface area contributed by atoms with E-state index in [0.717, 1.165) is 17.0 Å². The Kier molecular flexibility index (Phi) is 3.42. The summed E-state index contributed by atoms with van der Waals surface area (Å²) in [6.45, 7) is 1.50. The number of ether oxygens (including phenoxy) is 1. The van der Waals surface area contributed by atoms with E-state index in [1.54, 1.807) is 11.8 Å². The highest BCUT2D eigenvalue weighted by atomic mass is 32.2. The summed E-state index contributed by atoms with van der Waals surface area (Å²) in [5.41, 5.74) is 7.82. The van der Waals surface area contributed by atoms with Crippen molar-refractivity contribution in [1.29, 1.82) is 0 Å². The molecule has 0 atom stereocenters. The van der Waals surface area contributed by atoms with Gasteiger partial charge in [-0.2, -0.15) is 0 Å². The van der Waals surface area contributed by atoms with Gasteiger partial charge in [0.1, 0.15) is 0 Å². The van der Waals surface area contributed by atoms with Crippen LogP contribution < -0.4 is 5.73 Å². The fourth-order valence-corrected chi connectivity index (χ4v) is 2.51. The molecule has 2 rings (SSSR count). The van der Waals surface area contributed by atoms with Gasteiger partial charge in [0.25, 0.3) is 0 Å². The number of nitrogen functional groups attached to an aromatic ring is 1. The molecule has 3 N–H and O–H groups in total. The molecule has 4 heteroatoms. The third kappa shape index (κ3) is 2.19. The van der Waals surface area contributed by atoms with Crippen LogP contribution in [0.3, 0.4) is 0 Å². The van der Waals surface area contributed by atoms with Gasteiger partial charge in [0.05, 0.1) is 19.8 Å². The molecule has 1 saturated heterocycles. The van der Waals surface area contributed by atoms with E-state index in [-0.39, 0.29) is 12.0 Å². The first kappa shape index (κ1) is 11.8. The van der Waals surface area contributed by atoms with Crippen LogP contribution in [0.1, 0.15) is 5.56 Å². The van der Waals surface area contributed by atoms with Crippen LogP contribution in [0.4, 0.5) is 5.69 Å². The number of rotatable bonds is 4. The predicted octanol–water partition coefficient (Wildman–Crippen LogP) is 1.54. The Morgan fingerprint density at radius 3 is 2.75 bits per heavy atom. The van der Waals surface area contributed by atoms with Crippen LogP contribution in [0.15, 0.2) is 23.1 Å². The number of anilines is 1. The SMILES string of the molecule is CSc1cc(CC2(CO)COC2)ccc1N. The first-order valence-electron chi connectivity index (χ1n) is 5.30. The van der Waals surface area contributed by atoms with Crippen molar-refractivity contribution in [1.82, 2.24) is 0 Å². The van der Waals surface area contributed by atoms with Crippen LogP contribution in [-0.2, 0) is 11.2 Å². The van der Waals surface area contributed by atoms with Crippen molar-refractivity contribution in [2.45, 2.75) is 11.3 Å². The number of aliphatic hydroxyl groups is 1. The fraction of sp³-hybridized carbons (Fsp3) is 0.500. The quantitative estimate of drug-likeness (QED) is 0.618. The molecule has 1 heterocycles. The molecule has 0 spiro atoms. The Morgan fingerprint density at radius 2 is 2.25 bits per heavy atom. The zero-order valence-electron chi connectivity index (χ0n) is 9.40. The lowest BCUT2D eigenvalue weighted by atomic mass is 9.80. The fourth-order valence-electron chi connectivity index (χ4n) is 1.94. The van der Waals surface area contributed by atoms with Gasteiger partial charge in [-0.3, -0.25) is 0 Å². The topological polar surface area (TPSA) is 55.5 Å². The van der Waals surface area contributed by atoms with Gasteiger partial charge in [0.15, 0.2) is 0 Å². The zero-order valence-corrected chi connectivity index (χ0v) is 10.2. The van der Waals surface area contributed by atoms with Crippen molar-refractivity contribution in [2.24, 2.45) is 5.41 Å². The Bertz CT molecular complexity index is 372. The van der Waals surface area contributed by atoms with Crippen LogP contribution in [-0.4, -0.2) is 31.2 Å². The summed E-state index contributed by atoms with van der Waals surface area (Å²) in [5.74, 6) is 0. The molecule has 1 aromatic carbocycles. The smallest absolute Gasteiger partial charge is 0.0570 e. The van der Waals surface area contributed by atoms with E-state index in [0.29, 0.717) is 13.2 Å². The number of nitrogens with two attached hydrogens (primary N) is 1. The van der Waals surface area contributed by atoms with Gasteiger partial charge in [-0.05, 0) is 30.4 Å². The normalized spacial score (nSPS) is 18.1. The summed E-state index contributed by atoms with van der Waals surface area (Å²) < 4.78 is 5.19. The summed E-state index contributed by atoms with van der Waals surface area (Å²) in [6.07, 6.45) is 2.88. The molecule has 88 valence electrons. The van der Waals surface area contributed by atoms with Crippen molar-refractivity contribution in [3.63, 3.8) is 0 Å². The second-order valence-electron chi connectivity index (χ2n) is 4.40. The average Bonchev–Trinajstić information content (AvgIpc) is 2.25. The molecule has 0 radical (unpaired) electrons. The van der Waals surface area contributed by atoms with Crippen LogP contribution >= 0.6 is 11.8 Å². The maximum Gasteiger partial charge on any atom is 0.0570 e. The lowest BCUT2D eigenvalue weighted by Crippen LogP contribution is -2.47. The average molecular weight is 239 g/mol. The second-order valence-corrected chi connectivity index (χ2v) is 5.25. The highest BCUT2D eigenvalue weighted by molar-refractivity contribution is 7.98. The molecule has 1 aliphatic rings. The van der Waals surface area contributed by atoms with Gasteiger partial charge in [-0.1, -0.05) is 6.07 Å². The van der Waals surface area contributed by atoms with Gasteiger partial charge in [-0.15, -0.1) is 11.8 Å². The van der Waals surface area contributed by atoms with Crippen molar-refractivity contribution in [2.75, 3.05) is 31.8 Å². The van der Waals surface area contributed by atoms with E-state index < -0.39 is 0 Å². The van der Waals surface area contributed by atoms with Crippen molar-refractivity contribution >= 4 is 17.4 Å². The van der Waals surface area contributed by atoms with E-state index in [1.165, 1.54) is 5.56 Å². The number of benzene rings is 1. The second kappa shape index (κ2) is 4.65. The number of hydrogen-bond acceptors (Lipinski definition) is 4. The third-order valence-electron chi connectivity index (χ3n) is 3.03. The number of thioether (sulfide) groups is 1. The summed E-state index contributed by atoms with van der Waals surface area (Å²) >= 11 is 1.65. The summed E-state index contributed by atoms with van der Waals surface area (Å²) in [5, 5.41) is 9.37. The summed E-state index contributed by atoms with van der Waals surface area (Å²) in [7, 11) is 0. The first-order valence-corrected chi connectivity index (χ1v) is 6.53. The minimum atomic E-state index is -0.0637. The van der Waals surface area contributed by atoms with Crippen molar-refractivity contribution < 1.29 is 9.84 Å². The highest BCUT2D eigenvalue weighted by Gasteiger charge is 2.38. The van der Waals surface area contributed by atoms with Gasteiger partial charge in [0.2, 0.25) is 0 Å². The maximum absolute atomic E-state index is 9.37. The van der Waals surface area contributed by atoms with Crippen LogP contribution in [0.2, 0.25) is 0 Å². The molecule has 1 aliphatic heterocycles. The standard InChI is InChI=1S/C12H17NO2S/c1-16-11-4-9(2-3-10(11)13)5-12(6-14)7-15-8-12/h2-4,14H,5-8,13H2,1H3.